The Morgan fingerprint density at radius 1 is 0.657 bits per heavy atom. The summed E-state index contributed by atoms with van der Waals surface area (Å²) in [6, 6.07) is 36.4. The van der Waals surface area contributed by atoms with Crippen molar-refractivity contribution in [2.75, 3.05) is 0 Å². The molecule has 3 aromatic heterocycles. The zero-order valence-electron chi connectivity index (χ0n) is 19.5. The third kappa shape index (κ3) is 5.18. The molecule has 174 valence electrons. The molecule has 3 aromatic carbocycles. The van der Waals surface area contributed by atoms with Gasteiger partial charge in [-0.05, 0) is 35.0 Å². The SMILES string of the molecule is CC(C)c1cccc2c1oc1c(-c3ccccn3)[c-]ccc12.[Ni+2].[c-]1ccccc1-c1ccccn1. The van der Waals surface area contributed by atoms with Crippen molar-refractivity contribution >= 4 is 21.9 Å². The fraction of sp³-hybridized carbons (Fsp3) is 0.0968. The molecule has 0 bridgehead atoms. The van der Waals surface area contributed by atoms with Crippen molar-refractivity contribution in [3.05, 3.63) is 121 Å². The average Bonchev–Trinajstić information content (AvgIpc) is 3.29. The Morgan fingerprint density at radius 3 is 2.03 bits per heavy atom. The van der Waals surface area contributed by atoms with Crippen LogP contribution in [0.5, 0.6) is 0 Å². The molecule has 6 aromatic rings. The Morgan fingerprint density at radius 2 is 1.37 bits per heavy atom. The summed E-state index contributed by atoms with van der Waals surface area (Å²) in [7, 11) is 0. The first-order valence-electron chi connectivity index (χ1n) is 11.4. The Balaban J connectivity index is 0.000000189. The second-order valence-corrected chi connectivity index (χ2v) is 8.28. The van der Waals surface area contributed by atoms with Gasteiger partial charge in [0.2, 0.25) is 0 Å². The Hall–Kier alpha value is -3.75. The van der Waals surface area contributed by atoms with E-state index in [9.17, 15) is 0 Å². The van der Waals surface area contributed by atoms with Crippen LogP contribution in [0.15, 0.2) is 108 Å². The summed E-state index contributed by atoms with van der Waals surface area (Å²) in [5.41, 5.74) is 6.90. The number of benzene rings is 3. The standard InChI is InChI=1S/C20H16NO.C11H8N.Ni/c1-13(2)14-7-5-8-15-16-9-6-10-17(20(16)22-19(14)15)18-11-3-4-12-21-18;1-2-6-10(7-3-1)11-8-4-5-9-12-11;/h3-9,11-13H,1-2H3;1-6,8-9H;/q2*-1;+2. The summed E-state index contributed by atoms with van der Waals surface area (Å²) >= 11 is 0. The van der Waals surface area contributed by atoms with Crippen LogP contribution in [0.2, 0.25) is 0 Å². The van der Waals surface area contributed by atoms with Gasteiger partial charge < -0.3 is 14.4 Å². The molecule has 0 saturated heterocycles. The van der Waals surface area contributed by atoms with E-state index in [1.165, 1.54) is 5.56 Å². The Kier molecular flexibility index (Phi) is 7.75. The molecule has 0 aliphatic carbocycles. The van der Waals surface area contributed by atoms with Gasteiger partial charge >= 0.3 is 16.5 Å². The van der Waals surface area contributed by atoms with Gasteiger partial charge in [-0.1, -0.05) is 67.3 Å². The van der Waals surface area contributed by atoms with Gasteiger partial charge in [0.15, 0.2) is 0 Å². The van der Waals surface area contributed by atoms with E-state index in [2.05, 4.69) is 60.2 Å². The zero-order valence-corrected chi connectivity index (χ0v) is 20.5. The van der Waals surface area contributed by atoms with Crippen molar-refractivity contribution in [2.45, 2.75) is 19.8 Å². The smallest absolute Gasteiger partial charge is 0.500 e. The van der Waals surface area contributed by atoms with Gasteiger partial charge in [-0.2, -0.15) is 0 Å². The fourth-order valence-corrected chi connectivity index (χ4v) is 4.02. The number of pyridine rings is 2. The van der Waals surface area contributed by atoms with Crippen LogP contribution in [0.25, 0.3) is 44.5 Å². The maximum absolute atomic E-state index is 6.26. The molecule has 0 amide bonds. The first-order valence-corrected chi connectivity index (χ1v) is 11.4. The van der Waals surface area contributed by atoms with E-state index in [1.807, 2.05) is 66.7 Å². The molecule has 4 heteroatoms. The van der Waals surface area contributed by atoms with E-state index in [1.54, 1.807) is 12.4 Å². The number of furan rings is 1. The van der Waals surface area contributed by atoms with Crippen molar-refractivity contribution in [1.82, 2.24) is 9.97 Å². The maximum atomic E-state index is 6.26. The molecule has 6 rings (SSSR count). The van der Waals surface area contributed by atoms with Crippen LogP contribution < -0.4 is 0 Å². The Bertz CT molecular complexity index is 1470. The fourth-order valence-electron chi connectivity index (χ4n) is 4.02. The number of para-hydroxylation sites is 1. The van der Waals surface area contributed by atoms with Crippen molar-refractivity contribution in [3.8, 4) is 22.5 Å². The van der Waals surface area contributed by atoms with Crippen LogP contribution in [-0.2, 0) is 16.5 Å². The van der Waals surface area contributed by atoms with E-state index in [0.717, 1.165) is 44.5 Å². The summed E-state index contributed by atoms with van der Waals surface area (Å²) in [5.74, 6) is 0.423. The largest absolute Gasteiger partial charge is 2.00 e. The minimum atomic E-state index is 0. The average molecular weight is 499 g/mol. The van der Waals surface area contributed by atoms with E-state index < -0.39 is 0 Å². The van der Waals surface area contributed by atoms with Crippen molar-refractivity contribution in [1.29, 1.82) is 0 Å². The van der Waals surface area contributed by atoms with Crippen molar-refractivity contribution < 1.29 is 20.9 Å². The minimum Gasteiger partial charge on any atom is -0.500 e. The van der Waals surface area contributed by atoms with E-state index in [4.69, 9.17) is 4.42 Å². The van der Waals surface area contributed by atoms with Crippen LogP contribution in [0.1, 0.15) is 25.3 Å². The summed E-state index contributed by atoms with van der Waals surface area (Å²) in [5, 5.41) is 2.28. The second kappa shape index (κ2) is 11.1. The Labute approximate surface area is 215 Å². The maximum Gasteiger partial charge on any atom is 2.00 e. The van der Waals surface area contributed by atoms with Gasteiger partial charge in [0.05, 0.1) is 5.58 Å². The summed E-state index contributed by atoms with van der Waals surface area (Å²) in [4.78, 5) is 8.65. The molecular formula is C31H24N2NiO. The summed E-state index contributed by atoms with van der Waals surface area (Å²) < 4.78 is 6.26. The van der Waals surface area contributed by atoms with E-state index in [0.29, 0.717) is 5.92 Å². The predicted octanol–water partition coefficient (Wildman–Crippen LogP) is 8.12. The molecule has 35 heavy (non-hydrogen) atoms. The van der Waals surface area contributed by atoms with Crippen LogP contribution in [0.4, 0.5) is 0 Å². The zero-order chi connectivity index (χ0) is 23.3. The van der Waals surface area contributed by atoms with Crippen molar-refractivity contribution in [2.24, 2.45) is 0 Å². The molecule has 0 aliphatic heterocycles. The third-order valence-corrected chi connectivity index (χ3v) is 5.68. The van der Waals surface area contributed by atoms with Gasteiger partial charge in [0, 0.05) is 17.8 Å². The summed E-state index contributed by atoms with van der Waals surface area (Å²) in [6.45, 7) is 4.38. The number of nitrogens with zero attached hydrogens (tertiary/aromatic N) is 2. The van der Waals surface area contributed by atoms with Crippen LogP contribution in [0, 0.1) is 12.1 Å². The number of aromatic nitrogens is 2. The number of rotatable bonds is 3. The number of hydrogen-bond donors (Lipinski definition) is 0. The molecule has 0 fully saturated rings. The molecule has 0 aliphatic rings. The van der Waals surface area contributed by atoms with E-state index in [-0.39, 0.29) is 16.5 Å². The van der Waals surface area contributed by atoms with Crippen molar-refractivity contribution in [3.63, 3.8) is 0 Å². The third-order valence-electron chi connectivity index (χ3n) is 5.68. The summed E-state index contributed by atoms with van der Waals surface area (Å²) in [6.07, 6.45) is 3.58. The van der Waals surface area contributed by atoms with Gasteiger partial charge in [0.1, 0.15) is 5.58 Å². The monoisotopic (exact) mass is 498 g/mol. The topological polar surface area (TPSA) is 38.9 Å². The second-order valence-electron chi connectivity index (χ2n) is 8.28. The van der Waals surface area contributed by atoms with Crippen LogP contribution in [0.3, 0.4) is 0 Å². The van der Waals surface area contributed by atoms with Crippen LogP contribution >= 0.6 is 0 Å². The van der Waals surface area contributed by atoms with Gasteiger partial charge in [0.25, 0.3) is 0 Å². The van der Waals surface area contributed by atoms with Gasteiger partial charge in [-0.3, -0.25) is 0 Å². The molecule has 0 saturated carbocycles. The normalized spacial score (nSPS) is 10.6. The van der Waals surface area contributed by atoms with Gasteiger partial charge in [-0.25, -0.2) is 0 Å². The first-order chi connectivity index (χ1) is 16.7. The molecule has 0 spiro atoms. The first kappa shape index (κ1) is 24.4. The molecule has 0 N–H and O–H groups in total. The molecule has 3 nitrogen and oxygen atoms in total. The number of hydrogen-bond acceptors (Lipinski definition) is 3. The number of fused-ring (bicyclic) bond motifs is 3. The minimum absolute atomic E-state index is 0. The molecule has 0 radical (unpaired) electrons. The predicted molar refractivity (Wildman–Crippen MR) is 138 cm³/mol. The molecule has 3 heterocycles. The van der Waals surface area contributed by atoms with Crippen LogP contribution in [-0.4, -0.2) is 9.97 Å². The molecule has 0 atom stereocenters. The molecule has 0 unspecified atom stereocenters. The molecular weight excluding hydrogens is 475 g/mol. The van der Waals surface area contributed by atoms with Gasteiger partial charge in [-0.15, -0.1) is 54.1 Å². The van der Waals surface area contributed by atoms with E-state index >= 15 is 0 Å². The quantitative estimate of drug-likeness (QED) is 0.182.